The Kier molecular flexibility index (Phi) is 51.9. The molecule has 0 N–H and O–H groups in total. The third-order valence-corrected chi connectivity index (χ3v) is 11.5. The monoisotopic (exact) mass is 931 g/mol. The van der Waals surface area contributed by atoms with Gasteiger partial charge in [0.25, 0.3) is 0 Å². The van der Waals surface area contributed by atoms with Crippen LogP contribution in [-0.2, 0) is 28.6 Å². The van der Waals surface area contributed by atoms with E-state index in [4.69, 9.17) is 14.2 Å². The summed E-state index contributed by atoms with van der Waals surface area (Å²) in [7, 11) is 0. The first kappa shape index (κ1) is 63.3. The minimum Gasteiger partial charge on any atom is -0.462 e. The van der Waals surface area contributed by atoms with Crippen LogP contribution < -0.4 is 0 Å². The molecule has 0 aromatic rings. The first-order valence-electron chi connectivity index (χ1n) is 27.7. The smallest absolute Gasteiger partial charge is 0.306 e. The summed E-state index contributed by atoms with van der Waals surface area (Å²) in [6.45, 7) is 6.44. The third kappa shape index (κ3) is 53.2. The Morgan fingerprint density at radius 2 is 0.582 bits per heavy atom. The Labute approximate surface area is 413 Å². The van der Waals surface area contributed by atoms with Gasteiger partial charge in [-0.3, -0.25) is 14.4 Å². The quantitative estimate of drug-likeness (QED) is 0.0262. The Morgan fingerprint density at radius 1 is 0.313 bits per heavy atom. The van der Waals surface area contributed by atoms with Crippen molar-refractivity contribution >= 4 is 17.9 Å². The Hall–Kier alpha value is -3.67. The highest BCUT2D eigenvalue weighted by Gasteiger charge is 2.19. The fraction of sp³-hybridized carbons (Fsp3) is 0.689. The van der Waals surface area contributed by atoms with E-state index in [1.54, 1.807) is 0 Å². The summed E-state index contributed by atoms with van der Waals surface area (Å²) in [5.74, 6) is -0.956. The first-order valence-corrected chi connectivity index (χ1v) is 27.7. The Bertz CT molecular complexity index is 1350. The minimum absolute atomic E-state index is 0.101. The normalized spacial score (nSPS) is 12.8. The number of esters is 3. The molecule has 0 spiro atoms. The summed E-state index contributed by atoms with van der Waals surface area (Å²) in [4.78, 5) is 38.1. The molecule has 0 bridgehead atoms. The number of unbranched alkanes of at least 4 members (excludes halogenated alkanes) is 22. The van der Waals surface area contributed by atoms with Crippen molar-refractivity contribution < 1.29 is 28.6 Å². The zero-order valence-electron chi connectivity index (χ0n) is 43.6. The van der Waals surface area contributed by atoms with Crippen LogP contribution in [0.15, 0.2) is 97.2 Å². The van der Waals surface area contributed by atoms with Gasteiger partial charge in [0.2, 0.25) is 0 Å². The molecule has 0 amide bonds. The molecule has 0 fully saturated rings. The van der Waals surface area contributed by atoms with Crippen LogP contribution in [0.25, 0.3) is 0 Å². The van der Waals surface area contributed by atoms with Gasteiger partial charge in [0, 0.05) is 19.3 Å². The van der Waals surface area contributed by atoms with Crippen LogP contribution >= 0.6 is 0 Å². The average molecular weight is 931 g/mol. The predicted molar refractivity (Wildman–Crippen MR) is 288 cm³/mol. The molecule has 67 heavy (non-hydrogen) atoms. The second-order valence-corrected chi connectivity index (χ2v) is 18.1. The first-order chi connectivity index (χ1) is 33.0. The number of rotatable bonds is 49. The summed E-state index contributed by atoms with van der Waals surface area (Å²) in [5, 5.41) is 0. The summed E-state index contributed by atoms with van der Waals surface area (Å²) in [6.07, 6.45) is 72.4. The summed E-state index contributed by atoms with van der Waals surface area (Å²) >= 11 is 0. The molecule has 1 atom stereocenters. The number of carbonyl (C=O) groups is 3. The number of allylic oxidation sites excluding steroid dienone is 16. The highest BCUT2D eigenvalue weighted by molar-refractivity contribution is 5.71. The largest absolute Gasteiger partial charge is 0.462 e. The molecule has 0 heterocycles. The maximum atomic E-state index is 12.8. The van der Waals surface area contributed by atoms with Crippen molar-refractivity contribution in [1.82, 2.24) is 0 Å². The van der Waals surface area contributed by atoms with E-state index >= 15 is 0 Å². The summed E-state index contributed by atoms with van der Waals surface area (Å²) in [5.41, 5.74) is 0. The fourth-order valence-electron chi connectivity index (χ4n) is 7.37. The van der Waals surface area contributed by atoms with Crippen LogP contribution in [0.3, 0.4) is 0 Å². The summed E-state index contributed by atoms with van der Waals surface area (Å²) < 4.78 is 16.8. The average Bonchev–Trinajstić information content (AvgIpc) is 3.33. The lowest BCUT2D eigenvalue weighted by Crippen LogP contribution is -2.30. The Balaban J connectivity index is 4.49. The van der Waals surface area contributed by atoms with Gasteiger partial charge in [-0.2, -0.15) is 0 Å². The van der Waals surface area contributed by atoms with Crippen LogP contribution in [0.4, 0.5) is 0 Å². The molecule has 0 aliphatic carbocycles. The molecule has 0 rings (SSSR count). The molecular weight excluding hydrogens is 829 g/mol. The molecule has 6 heteroatoms. The van der Waals surface area contributed by atoms with Gasteiger partial charge in [0.1, 0.15) is 13.2 Å². The van der Waals surface area contributed by atoms with E-state index < -0.39 is 6.10 Å². The van der Waals surface area contributed by atoms with Gasteiger partial charge in [-0.25, -0.2) is 0 Å². The van der Waals surface area contributed by atoms with Crippen molar-refractivity contribution in [2.24, 2.45) is 0 Å². The molecular formula is C61H102O6. The standard InChI is InChI=1S/C61H102O6/c1-4-7-10-13-16-19-22-25-28-29-30-31-34-36-39-42-45-48-51-54-60(63)66-57-58(67-61(64)55-52-49-46-43-40-37-33-27-24-21-18-15-12-9-6-3)56-65-59(62)53-50-47-44-41-38-35-32-26-23-20-17-14-11-8-5-2/h8,11,16-17,19-20,25-28,30-33,36,39,58H,4-7,9-10,12-15,18,21-24,29,34-35,37-38,40-57H2,1-3H3/b11-8-,19-16-,20-17-,28-25-,31-30-,32-26-,33-27-,39-36-/t58-/m1/s1. The molecule has 0 saturated carbocycles. The van der Waals surface area contributed by atoms with Crippen molar-refractivity contribution in [2.45, 2.75) is 258 Å². The lowest BCUT2D eigenvalue weighted by Gasteiger charge is -2.18. The van der Waals surface area contributed by atoms with Gasteiger partial charge in [-0.05, 0) is 122 Å². The van der Waals surface area contributed by atoms with Crippen molar-refractivity contribution in [1.29, 1.82) is 0 Å². The molecule has 0 aliphatic rings. The molecule has 0 aromatic heterocycles. The molecule has 6 nitrogen and oxygen atoms in total. The zero-order valence-corrected chi connectivity index (χ0v) is 43.6. The lowest BCUT2D eigenvalue weighted by molar-refractivity contribution is -0.167. The molecule has 382 valence electrons. The van der Waals surface area contributed by atoms with Gasteiger partial charge in [0.15, 0.2) is 6.10 Å². The van der Waals surface area contributed by atoms with Crippen LogP contribution in [0.2, 0.25) is 0 Å². The van der Waals surface area contributed by atoms with Crippen molar-refractivity contribution in [3.05, 3.63) is 97.2 Å². The molecule has 0 saturated heterocycles. The highest BCUT2D eigenvalue weighted by Crippen LogP contribution is 2.13. The van der Waals surface area contributed by atoms with Crippen LogP contribution in [-0.4, -0.2) is 37.2 Å². The van der Waals surface area contributed by atoms with Crippen LogP contribution in [0.5, 0.6) is 0 Å². The lowest BCUT2D eigenvalue weighted by atomic mass is 10.1. The molecule has 0 radical (unpaired) electrons. The van der Waals surface area contributed by atoms with Crippen molar-refractivity contribution in [3.8, 4) is 0 Å². The van der Waals surface area contributed by atoms with Crippen LogP contribution in [0.1, 0.15) is 252 Å². The van der Waals surface area contributed by atoms with Gasteiger partial charge < -0.3 is 14.2 Å². The SMILES string of the molecule is CC/C=C\C/C=C\C/C=C\CCCCCCCC(=O)OC[C@H](COC(=O)CCCCC/C=C\C/C=C\C/C=C\C/C=C\CCCCC)OC(=O)CCCCCCC/C=C\CCCCCCCC. The van der Waals surface area contributed by atoms with E-state index in [2.05, 4.69) is 118 Å². The number of carbonyl (C=O) groups excluding carboxylic acids is 3. The van der Waals surface area contributed by atoms with E-state index in [1.165, 1.54) is 77.0 Å². The van der Waals surface area contributed by atoms with E-state index in [9.17, 15) is 14.4 Å². The van der Waals surface area contributed by atoms with E-state index in [0.717, 1.165) is 135 Å². The second kappa shape index (κ2) is 54.9. The van der Waals surface area contributed by atoms with Crippen molar-refractivity contribution in [2.75, 3.05) is 13.2 Å². The second-order valence-electron chi connectivity index (χ2n) is 18.1. The third-order valence-electron chi connectivity index (χ3n) is 11.5. The number of ether oxygens (including phenoxy) is 3. The van der Waals surface area contributed by atoms with Gasteiger partial charge in [-0.15, -0.1) is 0 Å². The van der Waals surface area contributed by atoms with Gasteiger partial charge >= 0.3 is 17.9 Å². The van der Waals surface area contributed by atoms with E-state index in [-0.39, 0.29) is 31.1 Å². The number of hydrogen-bond acceptors (Lipinski definition) is 6. The van der Waals surface area contributed by atoms with Crippen molar-refractivity contribution in [3.63, 3.8) is 0 Å². The topological polar surface area (TPSA) is 78.9 Å². The van der Waals surface area contributed by atoms with Crippen LogP contribution in [0, 0.1) is 0 Å². The highest BCUT2D eigenvalue weighted by atomic mass is 16.6. The maximum Gasteiger partial charge on any atom is 0.306 e. The number of hydrogen-bond donors (Lipinski definition) is 0. The Morgan fingerprint density at radius 3 is 0.970 bits per heavy atom. The maximum absolute atomic E-state index is 12.8. The molecule has 0 unspecified atom stereocenters. The van der Waals surface area contributed by atoms with E-state index in [0.29, 0.717) is 19.3 Å². The predicted octanol–water partition coefficient (Wildman–Crippen LogP) is 18.5. The molecule has 0 aliphatic heterocycles. The van der Waals surface area contributed by atoms with E-state index in [1.807, 2.05) is 0 Å². The fourth-order valence-corrected chi connectivity index (χ4v) is 7.37. The minimum atomic E-state index is -0.803. The zero-order chi connectivity index (χ0) is 48.6. The van der Waals surface area contributed by atoms with Gasteiger partial charge in [-0.1, -0.05) is 208 Å². The molecule has 0 aromatic carbocycles. The summed E-state index contributed by atoms with van der Waals surface area (Å²) in [6, 6.07) is 0. The van der Waals surface area contributed by atoms with Gasteiger partial charge in [0.05, 0.1) is 0 Å².